The average molecular weight is 516 g/mol. The largest absolute Gasteiger partial charge is 0.465 e. The van der Waals surface area contributed by atoms with Gasteiger partial charge in [-0.25, -0.2) is 24.1 Å². The summed E-state index contributed by atoms with van der Waals surface area (Å²) in [6.07, 6.45) is 0. The van der Waals surface area contributed by atoms with Crippen LogP contribution in [0.15, 0.2) is 68.1 Å². The number of halogens is 1. The fraction of sp³-hybridized carbons (Fsp3) is 0.261. The van der Waals surface area contributed by atoms with Crippen molar-refractivity contribution in [2.24, 2.45) is 9.98 Å². The van der Waals surface area contributed by atoms with Crippen LogP contribution in [0.3, 0.4) is 0 Å². The molecule has 0 radical (unpaired) electrons. The predicted octanol–water partition coefficient (Wildman–Crippen LogP) is 2.32. The second-order valence-electron chi connectivity index (χ2n) is 7.34. The fourth-order valence-corrected chi connectivity index (χ4v) is 4.04. The van der Waals surface area contributed by atoms with Gasteiger partial charge in [0.1, 0.15) is 12.3 Å². The van der Waals surface area contributed by atoms with Crippen LogP contribution in [0.1, 0.15) is 12.5 Å². The van der Waals surface area contributed by atoms with Crippen LogP contribution in [0, 0.1) is 0 Å². The number of carbonyl (C=O) groups excluding carboxylic acids is 1. The van der Waals surface area contributed by atoms with E-state index in [0.29, 0.717) is 21.7 Å². The van der Waals surface area contributed by atoms with Crippen molar-refractivity contribution in [3.05, 3.63) is 85.7 Å². The third-order valence-corrected chi connectivity index (χ3v) is 5.96. The van der Waals surface area contributed by atoms with Crippen LogP contribution in [-0.4, -0.2) is 44.2 Å². The van der Waals surface area contributed by atoms with Gasteiger partial charge in [-0.05, 0) is 48.9 Å². The molecule has 0 saturated heterocycles. The highest BCUT2D eigenvalue weighted by molar-refractivity contribution is 8.13. The maximum atomic E-state index is 13.2. The lowest BCUT2D eigenvalue weighted by atomic mass is 10.2. The van der Waals surface area contributed by atoms with Crippen LogP contribution in [0.4, 0.5) is 5.69 Å². The van der Waals surface area contributed by atoms with E-state index in [4.69, 9.17) is 21.1 Å². The molecule has 10 nitrogen and oxygen atoms in total. The summed E-state index contributed by atoms with van der Waals surface area (Å²) in [7, 11) is 0. The minimum absolute atomic E-state index is 0.0273. The molecule has 0 fully saturated rings. The number of carbonyl (C=O) groups is 1. The first kappa shape index (κ1) is 24.6. The van der Waals surface area contributed by atoms with Crippen molar-refractivity contribution in [3.63, 3.8) is 0 Å². The van der Waals surface area contributed by atoms with E-state index in [1.54, 1.807) is 67.2 Å². The van der Waals surface area contributed by atoms with Crippen molar-refractivity contribution >= 4 is 40.2 Å². The Balaban J connectivity index is 1.73. The molecule has 182 valence electrons. The number of thioether (sulfide) groups is 1. The van der Waals surface area contributed by atoms with Crippen molar-refractivity contribution in [1.29, 1.82) is 0 Å². The van der Waals surface area contributed by atoms with Gasteiger partial charge in [0.2, 0.25) is 5.62 Å². The summed E-state index contributed by atoms with van der Waals surface area (Å²) in [4.78, 5) is 49.2. The Bertz CT molecular complexity index is 1420. The quantitative estimate of drug-likeness (QED) is 0.482. The van der Waals surface area contributed by atoms with Gasteiger partial charge >= 0.3 is 17.3 Å². The van der Waals surface area contributed by atoms with Crippen LogP contribution in [0.25, 0.3) is 0 Å². The number of hydrogen-bond donors (Lipinski definition) is 1. The molecule has 0 aliphatic carbocycles. The molecule has 1 aliphatic heterocycles. The van der Waals surface area contributed by atoms with Gasteiger partial charge in [-0.15, -0.1) is 0 Å². The zero-order valence-electron chi connectivity index (χ0n) is 18.8. The number of nitrogens with zero attached hydrogens (tertiary/aromatic N) is 4. The summed E-state index contributed by atoms with van der Waals surface area (Å²) in [6, 6.07) is 13.8. The van der Waals surface area contributed by atoms with Crippen LogP contribution >= 0.6 is 23.4 Å². The smallest absolute Gasteiger partial charge is 0.335 e. The number of esters is 1. The summed E-state index contributed by atoms with van der Waals surface area (Å²) < 4.78 is 12.7. The molecule has 0 saturated carbocycles. The molecule has 3 aromatic rings. The van der Waals surface area contributed by atoms with E-state index in [-0.39, 0.29) is 18.8 Å². The fourth-order valence-electron chi connectivity index (χ4n) is 3.22. The number of H-pyrrole nitrogens is 1. The van der Waals surface area contributed by atoms with Gasteiger partial charge in [-0.2, -0.15) is 0 Å². The molecule has 1 aliphatic rings. The predicted molar refractivity (Wildman–Crippen MR) is 134 cm³/mol. The normalized spacial score (nSPS) is 13.5. The number of aromatic amines is 1. The second kappa shape index (κ2) is 11.2. The van der Waals surface area contributed by atoms with Crippen LogP contribution in [0.2, 0.25) is 5.02 Å². The van der Waals surface area contributed by atoms with Crippen molar-refractivity contribution in [2.45, 2.75) is 20.0 Å². The molecule has 0 atom stereocenters. The number of hydrogen-bond acceptors (Lipinski definition) is 8. The van der Waals surface area contributed by atoms with Gasteiger partial charge in [0.25, 0.3) is 5.23 Å². The van der Waals surface area contributed by atoms with Gasteiger partial charge in [0, 0.05) is 10.8 Å². The minimum Gasteiger partial charge on any atom is -0.465 e. The summed E-state index contributed by atoms with van der Waals surface area (Å²) >= 11 is 7.52. The molecule has 0 unspecified atom stereocenters. The van der Waals surface area contributed by atoms with Crippen molar-refractivity contribution in [3.8, 4) is 5.75 Å². The van der Waals surface area contributed by atoms with Gasteiger partial charge in [-0.1, -0.05) is 35.5 Å². The van der Waals surface area contributed by atoms with Gasteiger partial charge < -0.3 is 9.47 Å². The Hall–Kier alpha value is -3.57. The molecule has 35 heavy (non-hydrogen) atoms. The first-order chi connectivity index (χ1) is 16.9. The van der Waals surface area contributed by atoms with E-state index >= 15 is 0 Å². The van der Waals surface area contributed by atoms with E-state index in [1.807, 2.05) is 0 Å². The number of rotatable bonds is 7. The summed E-state index contributed by atoms with van der Waals surface area (Å²) in [5.74, 6) is 0.804. The lowest BCUT2D eigenvalue weighted by molar-refractivity contribution is -0.144. The minimum atomic E-state index is -0.773. The molecule has 0 bridgehead atoms. The van der Waals surface area contributed by atoms with E-state index in [1.165, 1.54) is 4.57 Å². The Labute approximate surface area is 208 Å². The molecular formula is C23H22ClN5O5S. The molecule has 0 spiro atoms. The molecule has 2 aromatic carbocycles. The second-order valence-corrected chi connectivity index (χ2v) is 8.83. The first-order valence-corrected chi connectivity index (χ1v) is 12.1. The zero-order valence-corrected chi connectivity index (χ0v) is 20.3. The SMILES string of the molecule is CCOC(=O)Cn1c(=O)[nH]/c(=N\c2ccc(OC3=NCCS3)cc2)n(Cc2ccc(Cl)cc2)c1=O. The molecule has 12 heteroatoms. The zero-order chi connectivity index (χ0) is 24.8. The molecular weight excluding hydrogens is 494 g/mol. The Morgan fingerprint density at radius 1 is 1.14 bits per heavy atom. The molecule has 2 heterocycles. The summed E-state index contributed by atoms with van der Waals surface area (Å²) in [5.41, 5.74) is -0.209. The van der Waals surface area contributed by atoms with Crippen molar-refractivity contribution in [2.75, 3.05) is 18.9 Å². The standard InChI is InChI=1S/C23H22ClN5O5S/c1-2-33-19(30)14-29-21(31)27-20(28(23(29)32)13-15-3-5-16(24)6-4-15)26-17-7-9-18(10-8-17)34-22-25-11-12-35-22/h3-10H,2,11-14H2,1H3,(H,26,27,31). The lowest BCUT2D eigenvalue weighted by Gasteiger charge is -2.11. The van der Waals surface area contributed by atoms with Crippen LogP contribution < -0.4 is 21.7 Å². The molecule has 4 rings (SSSR count). The maximum Gasteiger partial charge on any atom is 0.335 e. The third-order valence-electron chi connectivity index (χ3n) is 4.86. The summed E-state index contributed by atoms with van der Waals surface area (Å²) in [6.45, 7) is 2.08. The van der Waals surface area contributed by atoms with Crippen molar-refractivity contribution < 1.29 is 14.3 Å². The number of ether oxygens (including phenoxy) is 2. The first-order valence-electron chi connectivity index (χ1n) is 10.8. The molecule has 1 aromatic heterocycles. The monoisotopic (exact) mass is 515 g/mol. The Morgan fingerprint density at radius 2 is 1.89 bits per heavy atom. The number of nitrogens with one attached hydrogen (secondary N) is 1. The lowest BCUT2D eigenvalue weighted by Crippen LogP contribution is -2.51. The Kier molecular flexibility index (Phi) is 7.88. The average Bonchev–Trinajstić information content (AvgIpc) is 3.35. The van der Waals surface area contributed by atoms with Gasteiger partial charge in [-0.3, -0.25) is 14.3 Å². The number of aliphatic imine (C=N–C) groups is 1. The highest BCUT2D eigenvalue weighted by Gasteiger charge is 2.14. The third kappa shape index (κ3) is 6.31. The highest BCUT2D eigenvalue weighted by atomic mass is 35.5. The number of benzene rings is 2. The van der Waals surface area contributed by atoms with E-state index in [0.717, 1.165) is 22.4 Å². The topological polar surface area (TPSA) is 120 Å². The van der Waals surface area contributed by atoms with E-state index < -0.39 is 23.9 Å². The highest BCUT2D eigenvalue weighted by Crippen LogP contribution is 2.21. The number of aromatic nitrogens is 3. The summed E-state index contributed by atoms with van der Waals surface area (Å²) in [5, 5.41) is 1.17. The van der Waals surface area contributed by atoms with E-state index in [9.17, 15) is 14.4 Å². The Morgan fingerprint density at radius 3 is 2.54 bits per heavy atom. The maximum absolute atomic E-state index is 13.2. The van der Waals surface area contributed by atoms with Crippen molar-refractivity contribution in [1.82, 2.24) is 14.1 Å². The van der Waals surface area contributed by atoms with Crippen LogP contribution in [-0.2, 0) is 22.6 Å². The van der Waals surface area contributed by atoms with Gasteiger partial charge in [0.05, 0.1) is 25.4 Å². The van der Waals surface area contributed by atoms with E-state index in [2.05, 4.69) is 15.0 Å². The van der Waals surface area contributed by atoms with Gasteiger partial charge in [0.15, 0.2) is 0 Å². The molecule has 1 N–H and O–H groups in total. The molecule has 0 amide bonds. The van der Waals surface area contributed by atoms with Crippen LogP contribution in [0.5, 0.6) is 5.75 Å².